The summed E-state index contributed by atoms with van der Waals surface area (Å²) in [5.74, 6) is 2.90. The number of benzene rings is 5. The molecule has 0 aliphatic carbocycles. The van der Waals surface area contributed by atoms with Crippen molar-refractivity contribution >= 4 is 79.6 Å². The molecule has 50 heavy (non-hydrogen) atoms. The third-order valence-corrected chi connectivity index (χ3v) is 14.3. The van der Waals surface area contributed by atoms with Gasteiger partial charge in [-0.2, -0.15) is 0 Å². The van der Waals surface area contributed by atoms with Crippen LogP contribution in [0.5, 0.6) is 0 Å². The van der Waals surface area contributed by atoms with Crippen molar-refractivity contribution in [2.45, 2.75) is 0 Å². The van der Waals surface area contributed by atoms with Crippen molar-refractivity contribution in [3.8, 4) is 0 Å². The van der Waals surface area contributed by atoms with Gasteiger partial charge in [-0.1, -0.05) is 0 Å². The Morgan fingerprint density at radius 2 is 0.840 bits per heavy atom. The van der Waals surface area contributed by atoms with Crippen molar-refractivity contribution in [3.63, 3.8) is 0 Å². The number of hydrogen-bond acceptors (Lipinski definition) is 8. The van der Waals surface area contributed by atoms with E-state index in [0.717, 1.165) is 43.8 Å². The van der Waals surface area contributed by atoms with E-state index in [2.05, 4.69) is 6.55 Å². The quantitative estimate of drug-likeness (QED) is 0.213. The van der Waals surface area contributed by atoms with E-state index in [1.807, 2.05) is 115 Å². The van der Waals surface area contributed by atoms with E-state index in [1.54, 1.807) is 12.1 Å². The Kier molecular flexibility index (Phi) is 5.66. The van der Waals surface area contributed by atoms with Crippen LogP contribution >= 0.6 is 0 Å². The van der Waals surface area contributed by atoms with Crippen LogP contribution in [0.15, 0.2) is 157 Å². The van der Waals surface area contributed by atoms with Gasteiger partial charge in [-0.05, 0) is 0 Å². The van der Waals surface area contributed by atoms with E-state index in [1.165, 1.54) is 0 Å². The minimum atomic E-state index is -4.04. The van der Waals surface area contributed by atoms with Gasteiger partial charge in [0.25, 0.3) is 0 Å². The van der Waals surface area contributed by atoms with Crippen LogP contribution in [0.1, 0.15) is 32.6 Å². The van der Waals surface area contributed by atoms with E-state index < -0.39 is 23.0 Å². The standard InChI is InChI=1S/C32H16N8.C7H6O2.Ga/c1-2-10-18-17(9-1)25-33-26(18)38-28-21-13-5-6-14-22(21)30(35-28)40-32-24-16-8-7-15-23(24)31(36-32)39-29-20-12-4-3-11-19(20)27(34-29)37-25;8-7(9)6-4-2-1-3-5-6;/h1-16H;1-5H,(H,8,9);/q-2;;+3/p-1. The van der Waals surface area contributed by atoms with Gasteiger partial charge < -0.3 is 0 Å². The topological polar surface area (TPSA) is 110 Å². The average Bonchev–Trinajstić information content (AvgIpc) is 3.87. The van der Waals surface area contributed by atoms with E-state index in [-0.39, 0.29) is 0 Å². The van der Waals surface area contributed by atoms with Crippen LogP contribution in [-0.2, 0) is 3.53 Å². The summed E-state index contributed by atoms with van der Waals surface area (Å²) < 4.78 is 11.0. The summed E-state index contributed by atoms with van der Waals surface area (Å²) in [5, 5.41) is 3.43. The SMILES string of the molecule is O=C([O][Ga]1[n]2c3c4ccccc4c2N=C2N=C(N=c4c5ccccc5c([n]41)=NC1=NC(=N3)c3ccccc31)c1ccccc12)c1ccccc1. The molecule has 4 aliphatic rings. The summed E-state index contributed by atoms with van der Waals surface area (Å²) in [7, 11) is 0. The molecule has 0 radical (unpaired) electrons. The molecule has 6 bridgehead atoms. The van der Waals surface area contributed by atoms with Crippen LogP contribution in [0, 0.1) is 0 Å². The van der Waals surface area contributed by atoms with Gasteiger partial charge in [0, 0.05) is 0 Å². The number of amidine groups is 4. The van der Waals surface area contributed by atoms with Crippen molar-refractivity contribution in [2.24, 2.45) is 30.0 Å². The van der Waals surface area contributed by atoms with Gasteiger partial charge in [0.2, 0.25) is 0 Å². The maximum atomic E-state index is 14.3. The Bertz CT molecular complexity index is 2770. The fourth-order valence-corrected chi connectivity index (χ4v) is 12.3. The Hall–Kier alpha value is -6.43. The number of aliphatic imine (C=N–C) groups is 4. The Morgan fingerprint density at radius 1 is 0.440 bits per heavy atom. The predicted molar refractivity (Wildman–Crippen MR) is 193 cm³/mol. The normalized spacial score (nSPS) is 14.8. The molecule has 5 aromatic carbocycles. The first kappa shape index (κ1) is 27.5. The average molecular weight is 703 g/mol. The van der Waals surface area contributed by atoms with Gasteiger partial charge in [0.15, 0.2) is 0 Å². The zero-order chi connectivity index (χ0) is 32.9. The molecule has 232 valence electrons. The van der Waals surface area contributed by atoms with Gasteiger partial charge in [0.1, 0.15) is 0 Å². The number of carbonyl (C=O) groups is 1. The first-order chi connectivity index (χ1) is 24.7. The van der Waals surface area contributed by atoms with Crippen molar-refractivity contribution in [1.82, 2.24) is 6.55 Å². The van der Waals surface area contributed by atoms with Gasteiger partial charge in [-0.3, -0.25) is 0 Å². The number of nitrogens with zero attached hydrogens (tertiary/aromatic N) is 8. The molecule has 2 aromatic heterocycles. The summed E-state index contributed by atoms with van der Waals surface area (Å²) in [4.78, 5) is 45.6. The molecule has 10 nitrogen and oxygen atoms in total. The molecule has 4 aliphatic heterocycles. The van der Waals surface area contributed by atoms with Gasteiger partial charge in [-0.15, -0.1) is 0 Å². The summed E-state index contributed by atoms with van der Waals surface area (Å²) >= 11 is -4.04. The molecule has 0 amide bonds. The van der Waals surface area contributed by atoms with Gasteiger partial charge in [0.05, 0.1) is 0 Å². The van der Waals surface area contributed by atoms with Crippen molar-refractivity contribution in [3.05, 3.63) is 166 Å². The second kappa shape index (κ2) is 10.3. The van der Waals surface area contributed by atoms with Gasteiger partial charge >= 0.3 is 291 Å². The van der Waals surface area contributed by atoms with E-state index in [0.29, 0.717) is 51.5 Å². The third-order valence-electron chi connectivity index (χ3n) is 9.48. The van der Waals surface area contributed by atoms with Crippen LogP contribution in [-0.4, -0.2) is 52.9 Å². The predicted octanol–water partition coefficient (Wildman–Crippen LogP) is 5.78. The van der Waals surface area contributed by atoms with Crippen molar-refractivity contribution in [1.29, 1.82) is 0 Å². The second-order valence-electron chi connectivity index (χ2n) is 12.3. The van der Waals surface area contributed by atoms with Crippen LogP contribution in [0.3, 0.4) is 0 Å². The molecular formula is C39H21GaN8O2. The second-order valence-corrected chi connectivity index (χ2v) is 16.3. The first-order valence-corrected chi connectivity index (χ1v) is 19.4. The Labute approximate surface area is 289 Å². The summed E-state index contributed by atoms with van der Waals surface area (Å²) in [6.45, 7) is 0. The molecule has 11 rings (SSSR count). The van der Waals surface area contributed by atoms with Crippen LogP contribution in [0.4, 0.5) is 11.6 Å². The first-order valence-electron chi connectivity index (χ1n) is 16.2. The summed E-state index contributed by atoms with van der Waals surface area (Å²) in [6, 6.07) is 41.1. The Balaban J connectivity index is 1.38. The summed E-state index contributed by atoms with van der Waals surface area (Å²) in [5.41, 5.74) is 5.15. The van der Waals surface area contributed by atoms with E-state index in [9.17, 15) is 4.79 Å². The molecule has 0 atom stereocenters. The van der Waals surface area contributed by atoms with Crippen molar-refractivity contribution in [2.75, 3.05) is 0 Å². The molecular weight excluding hydrogens is 682 g/mol. The fourth-order valence-electron chi connectivity index (χ4n) is 7.23. The van der Waals surface area contributed by atoms with Crippen LogP contribution in [0.25, 0.3) is 21.5 Å². The molecule has 0 N–H and O–H groups in total. The third kappa shape index (κ3) is 3.83. The van der Waals surface area contributed by atoms with Crippen LogP contribution in [0.2, 0.25) is 0 Å². The van der Waals surface area contributed by atoms with E-state index >= 15 is 0 Å². The maximum absolute atomic E-state index is 14.3. The molecule has 0 fully saturated rings. The molecule has 0 unspecified atom stereocenters. The molecule has 0 saturated carbocycles. The van der Waals surface area contributed by atoms with Crippen LogP contribution < -0.4 is 11.0 Å². The van der Waals surface area contributed by atoms with Crippen molar-refractivity contribution < 1.29 is 8.32 Å². The number of aromatic nitrogens is 2. The molecule has 0 saturated heterocycles. The molecule has 6 heterocycles. The number of rotatable bonds is 2. The zero-order valence-electron chi connectivity index (χ0n) is 26.1. The monoisotopic (exact) mass is 702 g/mol. The molecule has 11 heteroatoms. The number of hydrogen-bond donors (Lipinski definition) is 0. The molecule has 7 aromatic rings. The zero-order valence-corrected chi connectivity index (χ0v) is 28.5. The van der Waals surface area contributed by atoms with E-state index in [4.69, 9.17) is 33.5 Å². The summed E-state index contributed by atoms with van der Waals surface area (Å²) in [6.07, 6.45) is 0. The minimum absolute atomic E-state index is 0.443. The number of fused-ring (bicyclic) bond motifs is 14. The fraction of sp³-hybridized carbons (Fsp3) is 0. The van der Waals surface area contributed by atoms with Gasteiger partial charge in [-0.25, -0.2) is 0 Å². The Morgan fingerprint density at radius 3 is 1.32 bits per heavy atom. The molecule has 0 spiro atoms. The number of carbonyl (C=O) groups excluding carboxylic acids is 1.